The molecular formula is C10H16ClN3O. The number of rotatable bonds is 6. The van der Waals surface area contributed by atoms with Crippen molar-refractivity contribution in [3.63, 3.8) is 0 Å². The zero-order valence-electron chi connectivity index (χ0n) is 9.03. The molecule has 1 aromatic heterocycles. The maximum Gasteiger partial charge on any atom is 0.149 e. The summed E-state index contributed by atoms with van der Waals surface area (Å²) in [7, 11) is 1.69. The second-order valence-electron chi connectivity index (χ2n) is 3.31. The predicted octanol–water partition coefficient (Wildman–Crippen LogP) is 2.36. The quantitative estimate of drug-likeness (QED) is 0.814. The van der Waals surface area contributed by atoms with Crippen molar-refractivity contribution < 1.29 is 4.74 Å². The number of nitrogens with one attached hydrogen (secondary N) is 1. The molecule has 1 rings (SSSR count). The molecule has 0 spiro atoms. The predicted molar refractivity (Wildman–Crippen MR) is 61.2 cm³/mol. The fourth-order valence-electron chi connectivity index (χ4n) is 1.37. The Morgan fingerprint density at radius 2 is 2.33 bits per heavy atom. The zero-order chi connectivity index (χ0) is 11.1. The molecule has 5 heteroatoms. The lowest BCUT2D eigenvalue weighted by molar-refractivity contribution is 0.182. The minimum atomic E-state index is 0.257. The first-order valence-corrected chi connectivity index (χ1v) is 5.37. The van der Waals surface area contributed by atoms with Crippen molar-refractivity contribution in [2.75, 3.05) is 19.0 Å². The van der Waals surface area contributed by atoms with E-state index in [1.165, 1.54) is 6.20 Å². The Hall–Kier alpha value is -0.870. The molecule has 1 aromatic rings. The summed E-state index contributed by atoms with van der Waals surface area (Å²) in [5, 5.41) is 3.63. The Morgan fingerprint density at radius 1 is 1.53 bits per heavy atom. The van der Waals surface area contributed by atoms with E-state index < -0.39 is 0 Å². The van der Waals surface area contributed by atoms with E-state index in [9.17, 15) is 0 Å². The van der Waals surface area contributed by atoms with Gasteiger partial charge in [0.2, 0.25) is 0 Å². The lowest BCUT2D eigenvalue weighted by Crippen LogP contribution is -2.25. The van der Waals surface area contributed by atoms with E-state index in [1.807, 2.05) is 0 Å². The van der Waals surface area contributed by atoms with Crippen molar-refractivity contribution in [1.29, 1.82) is 0 Å². The van der Waals surface area contributed by atoms with Crippen LogP contribution in [0.15, 0.2) is 12.4 Å². The maximum atomic E-state index is 5.74. The largest absolute Gasteiger partial charge is 0.383 e. The highest BCUT2D eigenvalue weighted by atomic mass is 35.5. The molecule has 15 heavy (non-hydrogen) atoms. The lowest BCUT2D eigenvalue weighted by Gasteiger charge is -2.17. The molecule has 1 unspecified atom stereocenters. The molecule has 4 nitrogen and oxygen atoms in total. The third kappa shape index (κ3) is 4.44. The van der Waals surface area contributed by atoms with Crippen molar-refractivity contribution in [3.05, 3.63) is 17.5 Å². The number of hydrogen-bond donors (Lipinski definition) is 1. The highest BCUT2D eigenvalue weighted by Gasteiger charge is 2.07. The van der Waals surface area contributed by atoms with Gasteiger partial charge >= 0.3 is 0 Å². The van der Waals surface area contributed by atoms with Crippen LogP contribution in [0, 0.1) is 0 Å². The van der Waals surface area contributed by atoms with Gasteiger partial charge in [0.05, 0.1) is 25.0 Å². The van der Waals surface area contributed by atoms with Gasteiger partial charge in [0.1, 0.15) is 11.0 Å². The minimum Gasteiger partial charge on any atom is -0.383 e. The van der Waals surface area contributed by atoms with E-state index in [0.717, 1.165) is 12.8 Å². The molecule has 0 amide bonds. The molecule has 84 valence electrons. The normalized spacial score (nSPS) is 12.5. The fourth-order valence-corrected chi connectivity index (χ4v) is 1.52. The molecule has 1 N–H and O–H groups in total. The average molecular weight is 230 g/mol. The molecule has 1 heterocycles. The molecule has 0 fully saturated rings. The Balaban J connectivity index is 2.56. The van der Waals surface area contributed by atoms with Crippen LogP contribution in [-0.2, 0) is 4.74 Å². The third-order valence-electron chi connectivity index (χ3n) is 1.96. The highest BCUT2D eigenvalue weighted by molar-refractivity contribution is 6.29. The molecule has 0 radical (unpaired) electrons. The Bertz CT molecular complexity index is 290. The number of hydrogen-bond acceptors (Lipinski definition) is 4. The minimum absolute atomic E-state index is 0.257. The second-order valence-corrected chi connectivity index (χ2v) is 3.70. The van der Waals surface area contributed by atoms with Gasteiger partial charge < -0.3 is 10.1 Å². The summed E-state index contributed by atoms with van der Waals surface area (Å²) in [6.07, 6.45) is 5.29. The summed E-state index contributed by atoms with van der Waals surface area (Å²) in [5.41, 5.74) is 0. The summed E-state index contributed by atoms with van der Waals surface area (Å²) >= 11 is 5.74. The van der Waals surface area contributed by atoms with Gasteiger partial charge in [-0.3, -0.25) is 4.98 Å². The summed E-state index contributed by atoms with van der Waals surface area (Å²) in [6, 6.07) is 0.257. The molecule has 1 atom stereocenters. The van der Waals surface area contributed by atoms with Gasteiger partial charge in [0, 0.05) is 7.11 Å². The molecular weight excluding hydrogens is 214 g/mol. The van der Waals surface area contributed by atoms with E-state index in [4.69, 9.17) is 16.3 Å². The maximum absolute atomic E-state index is 5.74. The first kappa shape index (κ1) is 12.2. The molecule has 0 bridgehead atoms. The van der Waals surface area contributed by atoms with Crippen LogP contribution < -0.4 is 5.32 Å². The van der Waals surface area contributed by atoms with Crippen LogP contribution in [0.3, 0.4) is 0 Å². The van der Waals surface area contributed by atoms with E-state index in [0.29, 0.717) is 17.6 Å². The number of methoxy groups -OCH3 is 1. The average Bonchev–Trinajstić information content (AvgIpc) is 2.18. The van der Waals surface area contributed by atoms with Crippen molar-refractivity contribution in [2.24, 2.45) is 0 Å². The van der Waals surface area contributed by atoms with Gasteiger partial charge in [-0.15, -0.1) is 0 Å². The highest BCUT2D eigenvalue weighted by Crippen LogP contribution is 2.10. The van der Waals surface area contributed by atoms with Crippen molar-refractivity contribution in [3.8, 4) is 0 Å². The Labute approximate surface area is 95.0 Å². The van der Waals surface area contributed by atoms with Gasteiger partial charge in [-0.1, -0.05) is 24.9 Å². The molecule has 0 saturated carbocycles. The Kier molecular flexibility index (Phi) is 5.36. The van der Waals surface area contributed by atoms with Crippen LogP contribution in [0.25, 0.3) is 0 Å². The van der Waals surface area contributed by atoms with Crippen LogP contribution in [-0.4, -0.2) is 29.7 Å². The van der Waals surface area contributed by atoms with Gasteiger partial charge in [-0.25, -0.2) is 4.98 Å². The lowest BCUT2D eigenvalue weighted by atomic mass is 10.2. The summed E-state index contributed by atoms with van der Waals surface area (Å²) in [5.74, 6) is 0.693. The van der Waals surface area contributed by atoms with Gasteiger partial charge in [0.25, 0.3) is 0 Å². The Morgan fingerprint density at radius 3 is 2.93 bits per heavy atom. The number of aromatic nitrogens is 2. The van der Waals surface area contributed by atoms with Crippen molar-refractivity contribution >= 4 is 17.4 Å². The monoisotopic (exact) mass is 229 g/mol. The van der Waals surface area contributed by atoms with Gasteiger partial charge in [0.15, 0.2) is 0 Å². The molecule has 0 aliphatic carbocycles. The van der Waals surface area contributed by atoms with Gasteiger partial charge in [-0.05, 0) is 6.42 Å². The number of nitrogens with zero attached hydrogens (tertiary/aromatic N) is 2. The molecule has 0 saturated heterocycles. The molecule has 0 aliphatic rings. The van der Waals surface area contributed by atoms with E-state index >= 15 is 0 Å². The van der Waals surface area contributed by atoms with E-state index in [2.05, 4.69) is 22.2 Å². The topological polar surface area (TPSA) is 47.0 Å². The number of anilines is 1. The fraction of sp³-hybridized carbons (Fsp3) is 0.600. The second kappa shape index (κ2) is 6.58. The van der Waals surface area contributed by atoms with Crippen LogP contribution >= 0.6 is 11.6 Å². The van der Waals surface area contributed by atoms with Crippen LogP contribution in [0.5, 0.6) is 0 Å². The zero-order valence-corrected chi connectivity index (χ0v) is 9.79. The standard InChI is InChI=1S/C10H16ClN3O/c1-3-4-8(7-15-2)13-10-6-12-5-9(11)14-10/h5-6,8H,3-4,7H2,1-2H3,(H,13,14). The van der Waals surface area contributed by atoms with Crippen molar-refractivity contribution in [2.45, 2.75) is 25.8 Å². The molecule has 0 aromatic carbocycles. The molecule has 0 aliphatic heterocycles. The van der Waals surface area contributed by atoms with E-state index in [1.54, 1.807) is 13.3 Å². The van der Waals surface area contributed by atoms with Crippen molar-refractivity contribution in [1.82, 2.24) is 9.97 Å². The number of halogens is 1. The third-order valence-corrected chi connectivity index (χ3v) is 2.14. The smallest absolute Gasteiger partial charge is 0.149 e. The van der Waals surface area contributed by atoms with E-state index in [-0.39, 0.29) is 6.04 Å². The first-order valence-electron chi connectivity index (χ1n) is 4.99. The number of ether oxygens (including phenoxy) is 1. The SMILES string of the molecule is CCCC(COC)Nc1cncc(Cl)n1. The summed E-state index contributed by atoms with van der Waals surface area (Å²) in [4.78, 5) is 8.07. The van der Waals surface area contributed by atoms with Gasteiger partial charge in [-0.2, -0.15) is 0 Å². The summed E-state index contributed by atoms with van der Waals surface area (Å²) in [6.45, 7) is 2.79. The first-order chi connectivity index (χ1) is 7.26. The summed E-state index contributed by atoms with van der Waals surface area (Å²) < 4.78 is 5.12. The van der Waals surface area contributed by atoms with Crippen LogP contribution in [0.1, 0.15) is 19.8 Å². The van der Waals surface area contributed by atoms with Crippen LogP contribution in [0.2, 0.25) is 5.15 Å². The van der Waals surface area contributed by atoms with Crippen LogP contribution in [0.4, 0.5) is 5.82 Å².